The van der Waals surface area contributed by atoms with Gasteiger partial charge in [0.2, 0.25) is 11.8 Å². The van der Waals surface area contributed by atoms with E-state index in [2.05, 4.69) is 15.8 Å². The predicted octanol–water partition coefficient (Wildman–Crippen LogP) is 2.54. The third-order valence-electron chi connectivity index (χ3n) is 3.20. The highest BCUT2D eigenvalue weighted by Crippen LogP contribution is 2.11. The Balaban J connectivity index is 1.68. The first-order valence-corrected chi connectivity index (χ1v) is 7.90. The van der Waals surface area contributed by atoms with Crippen molar-refractivity contribution in [1.29, 1.82) is 0 Å². The van der Waals surface area contributed by atoms with E-state index in [9.17, 15) is 9.59 Å². The van der Waals surface area contributed by atoms with Crippen molar-refractivity contribution in [1.82, 2.24) is 10.7 Å². The normalized spacial score (nSPS) is 10.5. The fraction of sp³-hybridized carbons (Fsp3) is 0.167. The van der Waals surface area contributed by atoms with Gasteiger partial charge in [0, 0.05) is 17.1 Å². The molecule has 0 fully saturated rings. The van der Waals surface area contributed by atoms with Crippen LogP contribution >= 0.6 is 11.6 Å². The van der Waals surface area contributed by atoms with Crippen molar-refractivity contribution < 1.29 is 9.59 Å². The number of carbonyl (C=O) groups excluding carboxylic acids is 2. The van der Waals surface area contributed by atoms with Gasteiger partial charge in [0.25, 0.3) is 0 Å². The summed E-state index contributed by atoms with van der Waals surface area (Å²) >= 11 is 5.96. The van der Waals surface area contributed by atoms with E-state index >= 15 is 0 Å². The number of halogens is 1. The summed E-state index contributed by atoms with van der Waals surface area (Å²) in [4.78, 5) is 23.3. The minimum atomic E-state index is -0.476. The summed E-state index contributed by atoms with van der Waals surface area (Å²) in [6.07, 6.45) is 1.89. The van der Waals surface area contributed by atoms with E-state index in [0.29, 0.717) is 17.1 Å². The van der Waals surface area contributed by atoms with Crippen molar-refractivity contribution in [3.8, 4) is 0 Å². The van der Waals surface area contributed by atoms with E-state index in [1.54, 1.807) is 18.2 Å². The molecule has 0 heterocycles. The third-order valence-corrected chi connectivity index (χ3v) is 3.54. The molecule has 0 unspecified atom stereocenters. The maximum Gasteiger partial charge on any atom is 0.249 e. The predicted molar refractivity (Wildman–Crippen MR) is 95.0 cm³/mol. The maximum absolute atomic E-state index is 11.7. The smallest absolute Gasteiger partial charge is 0.249 e. The Morgan fingerprint density at radius 1 is 1.00 bits per heavy atom. The van der Waals surface area contributed by atoms with Gasteiger partial charge < -0.3 is 5.32 Å². The van der Waals surface area contributed by atoms with Crippen LogP contribution in [0.4, 0.5) is 0 Å². The minimum Gasteiger partial charge on any atom is -0.355 e. The highest BCUT2D eigenvalue weighted by atomic mass is 35.5. The van der Waals surface area contributed by atoms with E-state index in [4.69, 9.17) is 11.6 Å². The lowest BCUT2D eigenvalue weighted by Gasteiger charge is -2.04. The van der Waals surface area contributed by atoms with Gasteiger partial charge in [-0.2, -0.15) is 5.10 Å². The van der Waals surface area contributed by atoms with Crippen molar-refractivity contribution in [3.63, 3.8) is 0 Å². The number of hydrogen-bond acceptors (Lipinski definition) is 3. The Morgan fingerprint density at radius 2 is 1.71 bits per heavy atom. The number of nitrogens with zero attached hydrogens (tertiary/aromatic N) is 1. The van der Waals surface area contributed by atoms with Crippen LogP contribution in [0.5, 0.6) is 0 Å². The fourth-order valence-electron chi connectivity index (χ4n) is 1.99. The lowest BCUT2D eigenvalue weighted by Crippen LogP contribution is -2.31. The van der Waals surface area contributed by atoms with Crippen molar-refractivity contribution in [2.24, 2.45) is 5.10 Å². The van der Waals surface area contributed by atoms with Gasteiger partial charge in [-0.05, 0) is 18.1 Å². The number of amides is 2. The van der Waals surface area contributed by atoms with Gasteiger partial charge in [-0.1, -0.05) is 60.1 Å². The topological polar surface area (TPSA) is 70.6 Å². The molecule has 0 spiro atoms. The molecule has 2 amide bonds. The Labute approximate surface area is 145 Å². The van der Waals surface area contributed by atoms with Crippen LogP contribution in [0.1, 0.15) is 17.5 Å². The molecule has 5 nitrogen and oxygen atoms in total. The lowest BCUT2D eigenvalue weighted by molar-refractivity contribution is -0.129. The minimum absolute atomic E-state index is 0.269. The molecule has 0 bridgehead atoms. The van der Waals surface area contributed by atoms with Crippen LogP contribution in [0.25, 0.3) is 0 Å². The molecule has 24 heavy (non-hydrogen) atoms. The molecule has 2 N–H and O–H groups in total. The second kappa shape index (κ2) is 9.47. The van der Waals surface area contributed by atoms with Gasteiger partial charge in [-0.3, -0.25) is 9.59 Å². The number of benzene rings is 2. The number of rotatable bonds is 7. The van der Waals surface area contributed by atoms with Gasteiger partial charge in [-0.15, -0.1) is 0 Å². The van der Waals surface area contributed by atoms with Crippen LogP contribution in [-0.2, 0) is 16.0 Å². The number of hydrogen-bond donors (Lipinski definition) is 2. The molecular weight excluding hydrogens is 326 g/mol. The van der Waals surface area contributed by atoms with Crippen molar-refractivity contribution in [2.75, 3.05) is 6.54 Å². The van der Waals surface area contributed by atoms with Gasteiger partial charge in [-0.25, -0.2) is 5.43 Å². The second-order valence-corrected chi connectivity index (χ2v) is 5.48. The standard InChI is InChI=1S/C18H18ClN3O2/c19-16-9-5-4-8-15(16)13-21-22-18(24)12-17(23)20-11-10-14-6-2-1-3-7-14/h1-9,13H,10-12H2,(H,20,23)(H,22,24)/b21-13-. The molecule has 124 valence electrons. The quantitative estimate of drug-likeness (QED) is 0.461. The summed E-state index contributed by atoms with van der Waals surface area (Å²) in [6.45, 7) is 0.485. The Morgan fingerprint density at radius 3 is 2.46 bits per heavy atom. The van der Waals surface area contributed by atoms with Crippen molar-refractivity contribution in [3.05, 3.63) is 70.7 Å². The van der Waals surface area contributed by atoms with Gasteiger partial charge in [0.05, 0.1) is 6.21 Å². The molecule has 0 aromatic heterocycles. The largest absolute Gasteiger partial charge is 0.355 e. The molecular formula is C18H18ClN3O2. The summed E-state index contributed by atoms with van der Waals surface area (Å²) in [6, 6.07) is 16.9. The monoisotopic (exact) mass is 343 g/mol. The van der Waals surface area contributed by atoms with E-state index in [1.165, 1.54) is 6.21 Å². The number of carbonyl (C=O) groups is 2. The molecule has 0 saturated heterocycles. The zero-order chi connectivity index (χ0) is 17.2. The first kappa shape index (κ1) is 17.7. The molecule has 0 radical (unpaired) electrons. The van der Waals surface area contributed by atoms with Crippen LogP contribution in [0.15, 0.2) is 59.7 Å². The zero-order valence-corrected chi connectivity index (χ0v) is 13.8. The fourth-order valence-corrected chi connectivity index (χ4v) is 2.18. The first-order chi connectivity index (χ1) is 11.6. The number of hydrazone groups is 1. The van der Waals surface area contributed by atoms with E-state index in [1.807, 2.05) is 36.4 Å². The zero-order valence-electron chi connectivity index (χ0n) is 13.0. The van der Waals surface area contributed by atoms with Crippen molar-refractivity contribution in [2.45, 2.75) is 12.8 Å². The lowest BCUT2D eigenvalue weighted by atomic mass is 10.1. The van der Waals surface area contributed by atoms with Gasteiger partial charge in [0.1, 0.15) is 6.42 Å². The molecule has 2 aromatic rings. The summed E-state index contributed by atoms with van der Waals surface area (Å²) in [5.41, 5.74) is 4.13. The maximum atomic E-state index is 11.7. The molecule has 0 aliphatic rings. The SMILES string of the molecule is O=C(CC(=O)N/N=C\c1ccccc1Cl)NCCc1ccccc1. The average molecular weight is 344 g/mol. The van der Waals surface area contributed by atoms with Crippen LogP contribution in [0, 0.1) is 0 Å². The summed E-state index contributed by atoms with van der Waals surface area (Å²) in [7, 11) is 0. The summed E-state index contributed by atoms with van der Waals surface area (Å²) < 4.78 is 0. The summed E-state index contributed by atoms with van der Waals surface area (Å²) in [5, 5.41) is 7.04. The van der Waals surface area contributed by atoms with Gasteiger partial charge >= 0.3 is 0 Å². The van der Waals surface area contributed by atoms with E-state index < -0.39 is 5.91 Å². The second-order valence-electron chi connectivity index (χ2n) is 5.08. The highest BCUT2D eigenvalue weighted by molar-refractivity contribution is 6.33. The Bertz CT molecular complexity index is 717. The number of nitrogens with one attached hydrogen (secondary N) is 2. The van der Waals surface area contributed by atoms with Crippen molar-refractivity contribution >= 4 is 29.6 Å². The first-order valence-electron chi connectivity index (χ1n) is 7.52. The molecule has 2 aromatic carbocycles. The average Bonchev–Trinajstić information content (AvgIpc) is 2.57. The van der Waals surface area contributed by atoms with Crippen LogP contribution < -0.4 is 10.7 Å². The molecule has 6 heteroatoms. The van der Waals surface area contributed by atoms with E-state index in [-0.39, 0.29) is 12.3 Å². The molecule has 0 saturated carbocycles. The molecule has 0 aliphatic heterocycles. The Kier molecular flexibility index (Phi) is 6.98. The molecule has 2 rings (SSSR count). The van der Waals surface area contributed by atoms with Crippen LogP contribution in [0.3, 0.4) is 0 Å². The Hall–Kier alpha value is -2.66. The molecule has 0 aliphatic carbocycles. The van der Waals surface area contributed by atoms with Crippen LogP contribution in [0.2, 0.25) is 5.02 Å². The highest BCUT2D eigenvalue weighted by Gasteiger charge is 2.08. The van der Waals surface area contributed by atoms with Gasteiger partial charge in [0.15, 0.2) is 0 Å². The van der Waals surface area contributed by atoms with Crippen LogP contribution in [-0.4, -0.2) is 24.6 Å². The summed E-state index contributed by atoms with van der Waals surface area (Å²) in [5.74, 6) is -0.813. The molecule has 0 atom stereocenters. The third kappa shape index (κ3) is 6.22. The van der Waals surface area contributed by atoms with E-state index in [0.717, 1.165) is 12.0 Å².